The van der Waals surface area contributed by atoms with Crippen LogP contribution >= 0.6 is 0 Å². The average Bonchev–Trinajstić information content (AvgIpc) is 2.55. The van der Waals surface area contributed by atoms with E-state index in [-0.39, 0.29) is 31.3 Å². The van der Waals surface area contributed by atoms with Gasteiger partial charge in [-0.3, -0.25) is 14.4 Å². The predicted octanol–water partition coefficient (Wildman–Crippen LogP) is 1.94. The van der Waals surface area contributed by atoms with Crippen LogP contribution in [0.1, 0.15) is 52.4 Å². The van der Waals surface area contributed by atoms with E-state index in [1.54, 1.807) is 11.8 Å². The maximum absolute atomic E-state index is 12.0. The third-order valence-electron chi connectivity index (χ3n) is 3.64. The molecule has 1 saturated heterocycles. The molecule has 20 heavy (non-hydrogen) atoms. The number of likely N-dealkylation sites (tertiary alicyclic amines) is 1. The summed E-state index contributed by atoms with van der Waals surface area (Å²) in [6, 6.07) is 0. The molecule has 1 heterocycles. The Morgan fingerprint density at radius 1 is 1.30 bits per heavy atom. The molecule has 1 amide bonds. The highest BCUT2D eigenvalue weighted by molar-refractivity contribution is 5.98. The second-order valence-corrected chi connectivity index (χ2v) is 5.32. The maximum atomic E-state index is 12.0. The molecule has 0 aromatic heterocycles. The van der Waals surface area contributed by atoms with Crippen LogP contribution in [0.5, 0.6) is 0 Å². The highest BCUT2D eigenvalue weighted by Crippen LogP contribution is 2.22. The highest BCUT2D eigenvalue weighted by Gasteiger charge is 2.24. The Hall–Kier alpha value is -1.39. The van der Waals surface area contributed by atoms with Crippen LogP contribution in [-0.4, -0.2) is 42.3 Å². The van der Waals surface area contributed by atoms with Gasteiger partial charge in [0.25, 0.3) is 0 Å². The van der Waals surface area contributed by atoms with E-state index >= 15 is 0 Å². The number of ketones is 1. The largest absolute Gasteiger partial charge is 0.466 e. The number of nitrogens with zero attached hydrogens (tertiary/aromatic N) is 1. The molecule has 0 saturated carbocycles. The van der Waals surface area contributed by atoms with Crippen molar-refractivity contribution in [1.29, 1.82) is 0 Å². The van der Waals surface area contributed by atoms with E-state index < -0.39 is 5.97 Å². The van der Waals surface area contributed by atoms with Crippen LogP contribution < -0.4 is 0 Å². The zero-order valence-electron chi connectivity index (χ0n) is 12.5. The standard InChI is InChI=1S/C15H25NO4/c1-3-5-12-6-7-14(18)16(9-8-12)11-13(17)10-15(19)20-4-2/h12H,3-11H2,1-2H3. The van der Waals surface area contributed by atoms with Gasteiger partial charge >= 0.3 is 5.97 Å². The molecule has 0 aromatic carbocycles. The fourth-order valence-corrected chi connectivity index (χ4v) is 2.60. The van der Waals surface area contributed by atoms with E-state index in [1.165, 1.54) is 0 Å². The van der Waals surface area contributed by atoms with Crippen molar-refractivity contribution in [3.8, 4) is 0 Å². The highest BCUT2D eigenvalue weighted by atomic mass is 16.5. The summed E-state index contributed by atoms with van der Waals surface area (Å²) in [6.45, 7) is 4.78. The quantitative estimate of drug-likeness (QED) is 0.529. The van der Waals surface area contributed by atoms with Gasteiger partial charge in [0.15, 0.2) is 5.78 Å². The van der Waals surface area contributed by atoms with Crippen molar-refractivity contribution in [3.63, 3.8) is 0 Å². The van der Waals surface area contributed by atoms with Crippen LogP contribution in [0.15, 0.2) is 0 Å². The van der Waals surface area contributed by atoms with Gasteiger partial charge < -0.3 is 9.64 Å². The molecule has 1 aliphatic heterocycles. The summed E-state index contributed by atoms with van der Waals surface area (Å²) in [7, 11) is 0. The number of rotatable bonds is 7. The van der Waals surface area contributed by atoms with Crippen molar-refractivity contribution in [2.24, 2.45) is 5.92 Å². The van der Waals surface area contributed by atoms with Gasteiger partial charge in [0, 0.05) is 13.0 Å². The van der Waals surface area contributed by atoms with Crippen molar-refractivity contribution in [1.82, 2.24) is 4.90 Å². The minimum Gasteiger partial charge on any atom is -0.466 e. The average molecular weight is 283 g/mol. The first-order valence-corrected chi connectivity index (χ1v) is 7.51. The van der Waals surface area contributed by atoms with E-state index in [9.17, 15) is 14.4 Å². The van der Waals surface area contributed by atoms with Crippen LogP contribution in [0.3, 0.4) is 0 Å². The number of Topliss-reactive ketones (excluding diaryl/α,β-unsaturated/α-hetero) is 1. The summed E-state index contributed by atoms with van der Waals surface area (Å²) in [4.78, 5) is 36.6. The second kappa shape index (κ2) is 8.72. The lowest BCUT2D eigenvalue weighted by Crippen LogP contribution is -2.36. The molecule has 1 fully saturated rings. The number of carbonyl (C=O) groups excluding carboxylic acids is 3. The molecular formula is C15H25NO4. The van der Waals surface area contributed by atoms with Crippen molar-refractivity contribution in [2.45, 2.75) is 52.4 Å². The number of esters is 1. The molecule has 1 atom stereocenters. The van der Waals surface area contributed by atoms with E-state index in [4.69, 9.17) is 4.74 Å². The van der Waals surface area contributed by atoms with Crippen molar-refractivity contribution in [2.75, 3.05) is 19.7 Å². The molecule has 1 aliphatic rings. The monoisotopic (exact) mass is 283 g/mol. The lowest BCUT2D eigenvalue weighted by molar-refractivity contribution is -0.147. The topological polar surface area (TPSA) is 63.7 Å². The Kier molecular flexibility index (Phi) is 7.26. The van der Waals surface area contributed by atoms with Gasteiger partial charge in [-0.2, -0.15) is 0 Å². The van der Waals surface area contributed by atoms with E-state index in [0.717, 1.165) is 25.7 Å². The lowest BCUT2D eigenvalue weighted by Gasteiger charge is -2.19. The van der Waals surface area contributed by atoms with Gasteiger partial charge in [0.1, 0.15) is 6.42 Å². The fraction of sp³-hybridized carbons (Fsp3) is 0.800. The first kappa shape index (κ1) is 16.7. The van der Waals surface area contributed by atoms with E-state index in [2.05, 4.69) is 6.92 Å². The summed E-state index contributed by atoms with van der Waals surface area (Å²) in [5.74, 6) is -0.149. The summed E-state index contributed by atoms with van der Waals surface area (Å²) in [6.07, 6.45) is 4.40. The van der Waals surface area contributed by atoms with E-state index in [1.807, 2.05) is 0 Å². The number of ether oxygens (including phenoxy) is 1. The molecule has 5 nitrogen and oxygen atoms in total. The smallest absolute Gasteiger partial charge is 0.313 e. The van der Waals surface area contributed by atoms with Crippen LogP contribution in [0, 0.1) is 5.92 Å². The SMILES string of the molecule is CCCC1CCC(=O)N(CC(=O)CC(=O)OCC)CC1. The number of amides is 1. The first-order chi connectivity index (χ1) is 9.56. The van der Waals surface area contributed by atoms with Gasteiger partial charge in [-0.1, -0.05) is 19.8 Å². The Balaban J connectivity index is 2.43. The minimum atomic E-state index is -0.511. The summed E-state index contributed by atoms with van der Waals surface area (Å²) in [5, 5.41) is 0. The molecule has 114 valence electrons. The van der Waals surface area contributed by atoms with Crippen molar-refractivity contribution >= 4 is 17.7 Å². The Morgan fingerprint density at radius 2 is 2.05 bits per heavy atom. The van der Waals surface area contributed by atoms with Gasteiger partial charge in [0.05, 0.1) is 13.2 Å². The third-order valence-corrected chi connectivity index (χ3v) is 3.64. The molecule has 0 radical (unpaired) electrons. The van der Waals surface area contributed by atoms with Crippen LogP contribution in [-0.2, 0) is 19.1 Å². The zero-order valence-corrected chi connectivity index (χ0v) is 12.5. The number of hydrogen-bond donors (Lipinski definition) is 0. The molecule has 0 spiro atoms. The molecule has 1 unspecified atom stereocenters. The summed E-state index contributed by atoms with van der Waals surface area (Å²) in [5.41, 5.74) is 0. The Labute approximate surface area is 120 Å². The second-order valence-electron chi connectivity index (χ2n) is 5.32. The van der Waals surface area contributed by atoms with Gasteiger partial charge in [-0.25, -0.2) is 0 Å². The van der Waals surface area contributed by atoms with Crippen LogP contribution in [0.25, 0.3) is 0 Å². The first-order valence-electron chi connectivity index (χ1n) is 7.51. The fourth-order valence-electron chi connectivity index (χ4n) is 2.60. The molecule has 0 aromatic rings. The number of hydrogen-bond acceptors (Lipinski definition) is 4. The zero-order chi connectivity index (χ0) is 15.0. The normalized spacial score (nSPS) is 19.6. The summed E-state index contributed by atoms with van der Waals surface area (Å²) >= 11 is 0. The van der Waals surface area contributed by atoms with Gasteiger partial charge in [-0.05, 0) is 25.7 Å². The Bertz CT molecular complexity index is 354. The van der Waals surface area contributed by atoms with Crippen LogP contribution in [0.4, 0.5) is 0 Å². The summed E-state index contributed by atoms with van der Waals surface area (Å²) < 4.78 is 4.74. The molecule has 1 rings (SSSR count). The van der Waals surface area contributed by atoms with E-state index in [0.29, 0.717) is 18.9 Å². The molecule has 0 bridgehead atoms. The molecule has 5 heteroatoms. The third kappa shape index (κ3) is 5.72. The minimum absolute atomic E-state index is 0.0285. The Morgan fingerprint density at radius 3 is 2.70 bits per heavy atom. The number of carbonyl (C=O) groups is 3. The van der Waals surface area contributed by atoms with Gasteiger partial charge in [0.2, 0.25) is 5.91 Å². The van der Waals surface area contributed by atoms with Crippen molar-refractivity contribution in [3.05, 3.63) is 0 Å². The maximum Gasteiger partial charge on any atom is 0.313 e. The van der Waals surface area contributed by atoms with Crippen LogP contribution in [0.2, 0.25) is 0 Å². The molecule has 0 N–H and O–H groups in total. The molecule has 0 aliphatic carbocycles. The predicted molar refractivity (Wildman–Crippen MR) is 75.1 cm³/mol. The molecular weight excluding hydrogens is 258 g/mol. The van der Waals surface area contributed by atoms with Gasteiger partial charge in [-0.15, -0.1) is 0 Å². The van der Waals surface area contributed by atoms with Crippen molar-refractivity contribution < 1.29 is 19.1 Å². The lowest BCUT2D eigenvalue weighted by atomic mass is 9.96.